The van der Waals surface area contributed by atoms with Crippen molar-refractivity contribution >= 4 is 10.0 Å². The Hall–Kier alpha value is -1.65. The fraction of sp³-hybridized carbons (Fsp3) is 0.400. The summed E-state index contributed by atoms with van der Waals surface area (Å²) in [5.41, 5.74) is 1.94. The molecule has 0 heterocycles. The lowest BCUT2D eigenvalue weighted by Crippen LogP contribution is -2.34. The molecule has 2 aromatic carbocycles. The van der Waals surface area contributed by atoms with E-state index in [0.717, 1.165) is 36.8 Å². The van der Waals surface area contributed by atoms with Gasteiger partial charge in [0, 0.05) is 0 Å². The average molecular weight is 343 g/mol. The van der Waals surface area contributed by atoms with E-state index in [-0.39, 0.29) is 11.8 Å². The summed E-state index contributed by atoms with van der Waals surface area (Å²) in [6, 6.07) is 19.2. The van der Waals surface area contributed by atoms with Gasteiger partial charge < -0.3 is 0 Å². The van der Waals surface area contributed by atoms with Crippen molar-refractivity contribution in [3.8, 4) is 0 Å². The lowest BCUT2D eigenvalue weighted by Gasteiger charge is -2.24. The SMILES string of the molecule is O=S(=O)(CC1CCCCC1)NC(c1ccccc1)c1ccccc1. The van der Waals surface area contributed by atoms with Crippen LogP contribution in [0.2, 0.25) is 0 Å². The third-order valence-corrected chi connectivity index (χ3v) is 6.25. The Morgan fingerprint density at radius 3 is 1.83 bits per heavy atom. The molecular formula is C20H25NO2S. The van der Waals surface area contributed by atoms with Gasteiger partial charge in [0.05, 0.1) is 11.8 Å². The standard InChI is InChI=1S/C20H25NO2S/c22-24(23,16-17-10-4-1-5-11-17)21-20(18-12-6-2-7-13-18)19-14-8-3-9-15-19/h2-3,6-9,12-15,17,20-21H,1,4-5,10-11,16H2. The quantitative estimate of drug-likeness (QED) is 0.851. The van der Waals surface area contributed by atoms with Crippen molar-refractivity contribution in [1.82, 2.24) is 4.72 Å². The Balaban J connectivity index is 1.81. The number of sulfonamides is 1. The molecule has 1 aliphatic carbocycles. The monoisotopic (exact) mass is 343 g/mol. The van der Waals surface area contributed by atoms with E-state index < -0.39 is 10.0 Å². The van der Waals surface area contributed by atoms with Crippen LogP contribution in [-0.2, 0) is 10.0 Å². The molecule has 1 fully saturated rings. The minimum atomic E-state index is -3.33. The first-order valence-electron chi connectivity index (χ1n) is 8.74. The fourth-order valence-electron chi connectivity index (χ4n) is 3.51. The molecule has 128 valence electrons. The summed E-state index contributed by atoms with van der Waals surface area (Å²) in [6.07, 6.45) is 5.60. The van der Waals surface area contributed by atoms with Gasteiger partial charge in [0.15, 0.2) is 0 Å². The topological polar surface area (TPSA) is 46.2 Å². The van der Waals surface area contributed by atoms with Crippen LogP contribution >= 0.6 is 0 Å². The Morgan fingerprint density at radius 2 is 1.33 bits per heavy atom. The van der Waals surface area contributed by atoms with E-state index in [4.69, 9.17) is 0 Å². The molecule has 0 aromatic heterocycles. The third kappa shape index (κ3) is 4.68. The van der Waals surface area contributed by atoms with Crippen LogP contribution < -0.4 is 4.72 Å². The number of rotatable bonds is 6. The molecule has 0 radical (unpaired) electrons. The highest BCUT2D eigenvalue weighted by Gasteiger charge is 2.25. The predicted octanol–water partition coefficient (Wildman–Crippen LogP) is 4.28. The second-order valence-electron chi connectivity index (χ2n) is 6.66. The van der Waals surface area contributed by atoms with Crippen molar-refractivity contribution in [2.45, 2.75) is 38.1 Å². The third-order valence-electron chi connectivity index (χ3n) is 4.74. The van der Waals surface area contributed by atoms with Crippen molar-refractivity contribution in [2.24, 2.45) is 5.92 Å². The predicted molar refractivity (Wildman–Crippen MR) is 98.2 cm³/mol. The molecule has 0 atom stereocenters. The van der Waals surface area contributed by atoms with Crippen LogP contribution in [0.25, 0.3) is 0 Å². The maximum Gasteiger partial charge on any atom is 0.212 e. The first-order valence-corrected chi connectivity index (χ1v) is 10.4. The summed E-state index contributed by atoms with van der Waals surface area (Å²) in [6.45, 7) is 0. The van der Waals surface area contributed by atoms with Crippen LogP contribution in [0, 0.1) is 5.92 Å². The van der Waals surface area contributed by atoms with E-state index in [1.807, 2.05) is 60.7 Å². The summed E-state index contributed by atoms with van der Waals surface area (Å²) in [5.74, 6) is 0.534. The van der Waals surface area contributed by atoms with E-state index in [2.05, 4.69) is 4.72 Å². The summed E-state index contributed by atoms with van der Waals surface area (Å²) < 4.78 is 28.4. The lowest BCUT2D eigenvalue weighted by molar-refractivity contribution is 0.383. The van der Waals surface area contributed by atoms with Crippen molar-refractivity contribution in [3.63, 3.8) is 0 Å². The summed E-state index contributed by atoms with van der Waals surface area (Å²) in [5, 5.41) is 0. The first kappa shape index (κ1) is 17.2. The highest BCUT2D eigenvalue weighted by Crippen LogP contribution is 2.27. The lowest BCUT2D eigenvalue weighted by atomic mass is 9.91. The van der Waals surface area contributed by atoms with E-state index in [1.54, 1.807) is 0 Å². The highest BCUT2D eigenvalue weighted by molar-refractivity contribution is 7.89. The normalized spacial score (nSPS) is 16.4. The first-order chi connectivity index (χ1) is 11.6. The molecule has 0 unspecified atom stereocenters. The zero-order chi connectivity index (χ0) is 16.8. The van der Waals surface area contributed by atoms with Gasteiger partial charge in [-0.25, -0.2) is 13.1 Å². The van der Waals surface area contributed by atoms with Crippen molar-refractivity contribution in [2.75, 3.05) is 5.75 Å². The van der Waals surface area contributed by atoms with Crippen molar-refractivity contribution < 1.29 is 8.42 Å². The van der Waals surface area contributed by atoms with Crippen molar-refractivity contribution in [1.29, 1.82) is 0 Å². The Labute approximate surface area is 145 Å². The van der Waals surface area contributed by atoms with Crippen molar-refractivity contribution in [3.05, 3.63) is 71.8 Å². The number of hydrogen-bond donors (Lipinski definition) is 1. The van der Waals surface area contributed by atoms with Crippen LogP contribution in [0.5, 0.6) is 0 Å². The maximum absolute atomic E-state index is 12.7. The Kier molecular flexibility index (Phi) is 5.69. The largest absolute Gasteiger partial charge is 0.212 e. The fourth-order valence-corrected chi connectivity index (χ4v) is 5.19. The van der Waals surface area contributed by atoms with Gasteiger partial charge in [0.1, 0.15) is 0 Å². The number of nitrogens with one attached hydrogen (secondary N) is 1. The van der Waals surface area contributed by atoms with Gasteiger partial charge in [-0.05, 0) is 29.9 Å². The van der Waals surface area contributed by atoms with Gasteiger partial charge in [0.2, 0.25) is 10.0 Å². The van der Waals surface area contributed by atoms with E-state index >= 15 is 0 Å². The molecular weight excluding hydrogens is 318 g/mol. The maximum atomic E-state index is 12.7. The van der Waals surface area contributed by atoms with Gasteiger partial charge in [-0.15, -0.1) is 0 Å². The zero-order valence-electron chi connectivity index (χ0n) is 13.9. The smallest absolute Gasteiger partial charge is 0.212 e. The molecule has 1 N–H and O–H groups in total. The molecule has 0 amide bonds. The van der Waals surface area contributed by atoms with Gasteiger partial charge in [-0.3, -0.25) is 0 Å². The van der Waals surface area contributed by atoms with Gasteiger partial charge in [0.25, 0.3) is 0 Å². The second-order valence-corrected chi connectivity index (χ2v) is 8.46. The molecule has 4 heteroatoms. The molecule has 1 aliphatic rings. The van der Waals surface area contributed by atoms with E-state index in [1.165, 1.54) is 6.42 Å². The van der Waals surface area contributed by atoms with Crippen LogP contribution in [0.3, 0.4) is 0 Å². The number of benzene rings is 2. The van der Waals surface area contributed by atoms with Gasteiger partial charge in [-0.2, -0.15) is 0 Å². The number of hydrogen-bond acceptors (Lipinski definition) is 2. The van der Waals surface area contributed by atoms with Crippen LogP contribution in [0.15, 0.2) is 60.7 Å². The molecule has 1 saturated carbocycles. The summed E-state index contributed by atoms with van der Waals surface area (Å²) in [4.78, 5) is 0. The molecule has 0 spiro atoms. The van der Waals surface area contributed by atoms with Crippen LogP contribution in [-0.4, -0.2) is 14.2 Å². The van der Waals surface area contributed by atoms with Gasteiger partial charge >= 0.3 is 0 Å². The van der Waals surface area contributed by atoms with Gasteiger partial charge in [-0.1, -0.05) is 79.9 Å². The zero-order valence-corrected chi connectivity index (χ0v) is 14.7. The minimum absolute atomic E-state index is 0.239. The summed E-state index contributed by atoms with van der Waals surface area (Å²) >= 11 is 0. The highest BCUT2D eigenvalue weighted by atomic mass is 32.2. The average Bonchev–Trinajstić information content (AvgIpc) is 2.62. The molecule has 0 bridgehead atoms. The Morgan fingerprint density at radius 1 is 0.833 bits per heavy atom. The summed E-state index contributed by atoms with van der Waals surface area (Å²) in [7, 11) is -3.33. The van der Waals surface area contributed by atoms with E-state index in [0.29, 0.717) is 5.92 Å². The molecule has 0 saturated heterocycles. The van der Waals surface area contributed by atoms with Crippen LogP contribution in [0.1, 0.15) is 49.3 Å². The minimum Gasteiger partial charge on any atom is -0.212 e. The molecule has 24 heavy (non-hydrogen) atoms. The molecule has 0 aliphatic heterocycles. The second kappa shape index (κ2) is 7.95. The Bertz CT molecular complexity index is 683. The molecule has 2 aromatic rings. The molecule has 3 nitrogen and oxygen atoms in total. The molecule has 3 rings (SSSR count). The van der Waals surface area contributed by atoms with Crippen LogP contribution in [0.4, 0.5) is 0 Å². The van der Waals surface area contributed by atoms with E-state index in [9.17, 15) is 8.42 Å².